The van der Waals surface area contributed by atoms with Gasteiger partial charge in [0.15, 0.2) is 0 Å². The van der Waals surface area contributed by atoms with E-state index in [4.69, 9.17) is 5.84 Å². The second-order valence-corrected chi connectivity index (χ2v) is 4.15. The molecule has 0 aliphatic heterocycles. The van der Waals surface area contributed by atoms with Crippen molar-refractivity contribution in [2.24, 2.45) is 5.84 Å². The summed E-state index contributed by atoms with van der Waals surface area (Å²) in [6.07, 6.45) is 0. The van der Waals surface area contributed by atoms with Crippen molar-refractivity contribution >= 4 is 21.8 Å². The van der Waals surface area contributed by atoms with E-state index in [0.29, 0.717) is 0 Å². The second-order valence-electron chi connectivity index (χ2n) is 3.23. The highest BCUT2D eigenvalue weighted by atomic mass is 79.9. The summed E-state index contributed by atoms with van der Waals surface area (Å²) in [7, 11) is 0. The number of hydrogen-bond acceptors (Lipinski definition) is 2. The molecular weight excluding hydrogens is 244 g/mol. The predicted molar refractivity (Wildman–Crippen MR) is 59.6 cm³/mol. The average Bonchev–Trinajstić information content (AvgIpc) is 2.19. The Balaban J connectivity index is 3.05. The number of benzene rings is 1. The van der Waals surface area contributed by atoms with E-state index in [9.17, 15) is 4.79 Å². The van der Waals surface area contributed by atoms with E-state index >= 15 is 0 Å². The molecule has 0 heterocycles. The van der Waals surface area contributed by atoms with Gasteiger partial charge in [0.2, 0.25) is 5.91 Å². The lowest BCUT2D eigenvalue weighted by Crippen LogP contribution is -2.33. The van der Waals surface area contributed by atoms with E-state index < -0.39 is 0 Å². The number of halogens is 1. The van der Waals surface area contributed by atoms with E-state index in [0.717, 1.165) is 15.6 Å². The molecule has 1 atom stereocenters. The lowest BCUT2D eigenvalue weighted by Gasteiger charge is -2.13. The highest BCUT2D eigenvalue weighted by molar-refractivity contribution is 9.10. The molecular formula is C10H13BrN2O. The van der Waals surface area contributed by atoms with Crippen molar-refractivity contribution in [2.45, 2.75) is 19.8 Å². The van der Waals surface area contributed by atoms with Crippen molar-refractivity contribution in [2.75, 3.05) is 0 Å². The third-order valence-electron chi connectivity index (χ3n) is 2.24. The number of carbonyl (C=O) groups excluding carboxylic acids is 1. The van der Waals surface area contributed by atoms with Gasteiger partial charge in [0.1, 0.15) is 0 Å². The minimum atomic E-state index is -0.225. The number of nitrogens with one attached hydrogen (secondary N) is 1. The Hall–Kier alpha value is -0.870. The zero-order valence-corrected chi connectivity index (χ0v) is 9.76. The fraction of sp³-hybridized carbons (Fsp3) is 0.300. The largest absolute Gasteiger partial charge is 0.294 e. The third-order valence-corrected chi connectivity index (χ3v) is 2.74. The van der Waals surface area contributed by atoms with Crippen LogP contribution in [-0.4, -0.2) is 5.91 Å². The molecule has 0 saturated heterocycles. The van der Waals surface area contributed by atoms with Gasteiger partial charge in [-0.1, -0.05) is 22.0 Å². The minimum Gasteiger partial charge on any atom is -0.294 e. The molecule has 14 heavy (non-hydrogen) atoms. The van der Waals surface area contributed by atoms with Crippen LogP contribution in [0.3, 0.4) is 0 Å². The van der Waals surface area contributed by atoms with Crippen LogP contribution < -0.4 is 11.3 Å². The van der Waals surface area contributed by atoms with Crippen LogP contribution in [0.15, 0.2) is 22.7 Å². The molecule has 0 aromatic heterocycles. The van der Waals surface area contributed by atoms with Gasteiger partial charge in [-0.2, -0.15) is 0 Å². The molecule has 0 saturated carbocycles. The number of hydrazine groups is 1. The predicted octanol–water partition coefficient (Wildman–Crippen LogP) is 1.85. The van der Waals surface area contributed by atoms with Gasteiger partial charge in [-0.25, -0.2) is 5.84 Å². The molecule has 1 aromatic rings. The monoisotopic (exact) mass is 256 g/mol. The van der Waals surface area contributed by atoms with Crippen molar-refractivity contribution in [3.8, 4) is 0 Å². The van der Waals surface area contributed by atoms with Crippen molar-refractivity contribution in [1.82, 2.24) is 5.43 Å². The number of amides is 1. The molecule has 3 nitrogen and oxygen atoms in total. The van der Waals surface area contributed by atoms with Crippen molar-refractivity contribution in [1.29, 1.82) is 0 Å². The number of aryl methyl sites for hydroxylation is 1. The summed E-state index contributed by atoms with van der Waals surface area (Å²) < 4.78 is 0.967. The van der Waals surface area contributed by atoms with Crippen LogP contribution in [0.25, 0.3) is 0 Å². The van der Waals surface area contributed by atoms with E-state index in [2.05, 4.69) is 21.4 Å². The van der Waals surface area contributed by atoms with E-state index in [-0.39, 0.29) is 11.8 Å². The molecule has 3 N–H and O–H groups in total. The van der Waals surface area contributed by atoms with Crippen LogP contribution in [0, 0.1) is 6.92 Å². The topological polar surface area (TPSA) is 55.1 Å². The van der Waals surface area contributed by atoms with E-state index in [1.807, 2.05) is 32.0 Å². The molecule has 1 aromatic carbocycles. The molecule has 0 bridgehead atoms. The highest BCUT2D eigenvalue weighted by Crippen LogP contribution is 2.23. The molecule has 0 radical (unpaired) electrons. The third kappa shape index (κ3) is 2.33. The fourth-order valence-electron chi connectivity index (χ4n) is 1.34. The number of nitrogens with two attached hydrogens (primary N) is 1. The van der Waals surface area contributed by atoms with Gasteiger partial charge < -0.3 is 0 Å². The standard InChI is InChI=1S/C10H13BrN2O/c1-6-3-4-8(11)5-9(6)7(2)10(14)13-12/h3-5,7H,12H2,1-2H3,(H,13,14). The van der Waals surface area contributed by atoms with Gasteiger partial charge in [0, 0.05) is 4.47 Å². The Kier molecular flexibility index (Phi) is 3.66. The maximum absolute atomic E-state index is 11.3. The Labute approximate surface area is 91.8 Å². The lowest BCUT2D eigenvalue weighted by molar-refractivity contribution is -0.122. The van der Waals surface area contributed by atoms with Crippen molar-refractivity contribution in [3.63, 3.8) is 0 Å². The van der Waals surface area contributed by atoms with Crippen LogP contribution in [0.2, 0.25) is 0 Å². The van der Waals surface area contributed by atoms with E-state index in [1.165, 1.54) is 0 Å². The first-order chi connectivity index (χ1) is 6.56. The number of carbonyl (C=O) groups is 1. The molecule has 0 aliphatic rings. The summed E-state index contributed by atoms with van der Waals surface area (Å²) in [4.78, 5) is 11.3. The van der Waals surface area contributed by atoms with Crippen LogP contribution in [-0.2, 0) is 4.79 Å². The summed E-state index contributed by atoms with van der Waals surface area (Å²) in [5, 5.41) is 0. The second kappa shape index (κ2) is 4.57. The maximum atomic E-state index is 11.3. The van der Waals surface area contributed by atoms with E-state index in [1.54, 1.807) is 0 Å². The maximum Gasteiger partial charge on any atom is 0.241 e. The van der Waals surface area contributed by atoms with Crippen LogP contribution in [0.5, 0.6) is 0 Å². The summed E-state index contributed by atoms with van der Waals surface area (Å²) in [6.45, 7) is 3.80. The Bertz CT molecular complexity index is 352. The Morgan fingerprint density at radius 3 is 2.79 bits per heavy atom. The summed E-state index contributed by atoms with van der Waals surface area (Å²) in [6, 6.07) is 5.86. The zero-order valence-electron chi connectivity index (χ0n) is 8.17. The molecule has 76 valence electrons. The first kappa shape index (κ1) is 11.2. The van der Waals surface area contributed by atoms with Gasteiger partial charge in [0.05, 0.1) is 5.92 Å². The zero-order chi connectivity index (χ0) is 10.7. The molecule has 0 aliphatic carbocycles. The summed E-state index contributed by atoms with van der Waals surface area (Å²) >= 11 is 3.37. The van der Waals surface area contributed by atoms with Crippen LogP contribution >= 0.6 is 15.9 Å². The van der Waals surface area contributed by atoms with Crippen LogP contribution in [0.1, 0.15) is 24.0 Å². The smallest absolute Gasteiger partial charge is 0.241 e. The normalized spacial score (nSPS) is 12.3. The first-order valence-corrected chi connectivity index (χ1v) is 5.12. The van der Waals surface area contributed by atoms with Crippen LogP contribution in [0.4, 0.5) is 0 Å². The summed E-state index contributed by atoms with van der Waals surface area (Å²) in [5.74, 6) is 4.69. The minimum absolute atomic E-state index is 0.175. The SMILES string of the molecule is Cc1ccc(Br)cc1C(C)C(=O)NN. The number of hydrogen-bond donors (Lipinski definition) is 2. The average molecular weight is 257 g/mol. The first-order valence-electron chi connectivity index (χ1n) is 4.32. The number of rotatable bonds is 2. The van der Waals surface area contributed by atoms with Gasteiger partial charge in [-0.15, -0.1) is 0 Å². The Morgan fingerprint density at radius 1 is 1.57 bits per heavy atom. The molecule has 1 amide bonds. The van der Waals surface area contributed by atoms with Gasteiger partial charge >= 0.3 is 0 Å². The quantitative estimate of drug-likeness (QED) is 0.482. The van der Waals surface area contributed by atoms with Gasteiger partial charge in [-0.05, 0) is 37.1 Å². The molecule has 0 fully saturated rings. The lowest BCUT2D eigenvalue weighted by atomic mass is 9.96. The molecule has 1 rings (SSSR count). The highest BCUT2D eigenvalue weighted by Gasteiger charge is 2.15. The fourth-order valence-corrected chi connectivity index (χ4v) is 1.72. The molecule has 1 unspecified atom stereocenters. The Morgan fingerprint density at radius 2 is 2.21 bits per heavy atom. The van der Waals surface area contributed by atoms with Gasteiger partial charge in [-0.3, -0.25) is 10.2 Å². The van der Waals surface area contributed by atoms with Gasteiger partial charge in [0.25, 0.3) is 0 Å². The van der Waals surface area contributed by atoms with Crippen molar-refractivity contribution < 1.29 is 4.79 Å². The summed E-state index contributed by atoms with van der Waals surface area (Å²) in [5.41, 5.74) is 4.23. The molecule has 4 heteroatoms. The molecule has 0 spiro atoms. The van der Waals surface area contributed by atoms with Crippen molar-refractivity contribution in [3.05, 3.63) is 33.8 Å².